The number of thiazole rings is 1. The van der Waals surface area contributed by atoms with Gasteiger partial charge in [0.1, 0.15) is 22.5 Å². The summed E-state index contributed by atoms with van der Waals surface area (Å²) in [5.41, 5.74) is 3.44. The van der Waals surface area contributed by atoms with Crippen LogP contribution in [-0.4, -0.2) is 41.0 Å². The molecule has 0 aliphatic carbocycles. The van der Waals surface area contributed by atoms with E-state index in [0.717, 1.165) is 28.2 Å². The fourth-order valence-electron chi connectivity index (χ4n) is 4.90. The van der Waals surface area contributed by atoms with Crippen LogP contribution in [0.15, 0.2) is 48.0 Å². The summed E-state index contributed by atoms with van der Waals surface area (Å²) in [6.07, 6.45) is 0.698. The van der Waals surface area contributed by atoms with Crippen LogP contribution in [0.1, 0.15) is 70.4 Å². The van der Waals surface area contributed by atoms with Gasteiger partial charge in [0.25, 0.3) is 5.78 Å². The van der Waals surface area contributed by atoms with Crippen molar-refractivity contribution in [2.75, 3.05) is 12.0 Å². The van der Waals surface area contributed by atoms with E-state index in [0.29, 0.717) is 23.2 Å². The number of benzene rings is 2. The van der Waals surface area contributed by atoms with Crippen LogP contribution >= 0.6 is 11.3 Å². The average molecular weight is 533 g/mol. The van der Waals surface area contributed by atoms with E-state index in [9.17, 15) is 19.5 Å². The quantitative estimate of drug-likeness (QED) is 0.205. The zero-order chi connectivity index (χ0) is 27.3. The molecule has 2 aliphatic heterocycles. The van der Waals surface area contributed by atoms with E-state index in [-0.39, 0.29) is 33.4 Å². The molecule has 38 heavy (non-hydrogen) atoms. The van der Waals surface area contributed by atoms with Gasteiger partial charge in [-0.05, 0) is 54.7 Å². The molecule has 0 radical (unpaired) electrons. The van der Waals surface area contributed by atoms with E-state index >= 15 is 0 Å². The molecule has 0 saturated carbocycles. The van der Waals surface area contributed by atoms with Gasteiger partial charge in [0, 0.05) is 12.0 Å². The van der Waals surface area contributed by atoms with Crippen LogP contribution in [0.3, 0.4) is 0 Å². The first-order valence-corrected chi connectivity index (χ1v) is 13.2. The van der Waals surface area contributed by atoms with Gasteiger partial charge in [-0.1, -0.05) is 49.4 Å². The smallest absolute Gasteiger partial charge is 0.350 e. The SMILES string of the molecule is COC(=O)c1sc(N2C(=O)C(=O)/C(=C(/O)c3ccc4c(c3)C[C@H](C)O4)[C@H]2c2ccc(C(C)C)cc2)nc1C. The van der Waals surface area contributed by atoms with Gasteiger partial charge in [-0.2, -0.15) is 0 Å². The Morgan fingerprint density at radius 3 is 2.55 bits per heavy atom. The highest BCUT2D eigenvalue weighted by Crippen LogP contribution is 2.44. The van der Waals surface area contributed by atoms with Gasteiger partial charge in [-0.15, -0.1) is 0 Å². The fraction of sp³-hybridized carbons (Fsp3) is 0.310. The first-order valence-electron chi connectivity index (χ1n) is 12.4. The number of hydrogen-bond donors (Lipinski definition) is 1. The second kappa shape index (κ2) is 9.72. The number of aryl methyl sites for hydroxylation is 1. The summed E-state index contributed by atoms with van der Waals surface area (Å²) >= 11 is 0.974. The summed E-state index contributed by atoms with van der Waals surface area (Å²) < 4.78 is 10.6. The molecule has 8 nitrogen and oxygen atoms in total. The van der Waals surface area contributed by atoms with Crippen LogP contribution in [0.4, 0.5) is 5.13 Å². The zero-order valence-electron chi connectivity index (χ0n) is 21.8. The van der Waals surface area contributed by atoms with Crippen LogP contribution in [0, 0.1) is 6.92 Å². The number of ether oxygens (including phenoxy) is 2. The lowest BCUT2D eigenvalue weighted by atomic mass is 9.93. The monoisotopic (exact) mass is 532 g/mol. The lowest BCUT2D eigenvalue weighted by Crippen LogP contribution is -2.29. The predicted octanol–water partition coefficient (Wildman–Crippen LogP) is 5.31. The van der Waals surface area contributed by atoms with Crippen molar-refractivity contribution < 1.29 is 29.0 Å². The number of rotatable bonds is 5. The van der Waals surface area contributed by atoms with E-state index in [2.05, 4.69) is 18.8 Å². The molecule has 1 saturated heterocycles. The number of ketones is 1. The maximum Gasteiger partial charge on any atom is 0.350 e. The zero-order valence-corrected chi connectivity index (χ0v) is 22.6. The number of aliphatic hydroxyl groups is 1. The lowest BCUT2D eigenvalue weighted by molar-refractivity contribution is -0.132. The number of nitrogens with zero attached hydrogens (tertiary/aromatic N) is 2. The highest BCUT2D eigenvalue weighted by molar-refractivity contribution is 7.17. The number of hydrogen-bond acceptors (Lipinski definition) is 8. The Morgan fingerprint density at radius 2 is 1.89 bits per heavy atom. The highest BCUT2D eigenvalue weighted by atomic mass is 32.1. The number of esters is 1. The lowest BCUT2D eigenvalue weighted by Gasteiger charge is -2.23. The molecule has 196 valence electrons. The minimum atomic E-state index is -0.935. The van der Waals surface area contributed by atoms with E-state index in [1.807, 2.05) is 31.2 Å². The van der Waals surface area contributed by atoms with E-state index in [1.54, 1.807) is 25.1 Å². The van der Waals surface area contributed by atoms with Gasteiger partial charge in [-0.25, -0.2) is 9.78 Å². The Hall–Kier alpha value is -3.98. The molecule has 2 aromatic carbocycles. The molecular formula is C29H28N2O6S. The third-order valence-electron chi connectivity index (χ3n) is 6.89. The fourth-order valence-corrected chi connectivity index (χ4v) is 5.91. The topological polar surface area (TPSA) is 106 Å². The molecule has 0 spiro atoms. The average Bonchev–Trinajstić information content (AvgIpc) is 3.55. The Kier molecular flexibility index (Phi) is 6.56. The maximum atomic E-state index is 13.5. The molecule has 3 heterocycles. The predicted molar refractivity (Wildman–Crippen MR) is 144 cm³/mol. The Labute approximate surface area is 224 Å². The van der Waals surface area contributed by atoms with Gasteiger partial charge in [0.15, 0.2) is 5.13 Å². The number of amides is 1. The van der Waals surface area contributed by atoms with Gasteiger partial charge in [0.05, 0.1) is 24.4 Å². The second-order valence-electron chi connectivity index (χ2n) is 9.85. The summed E-state index contributed by atoms with van der Waals surface area (Å²) in [5.74, 6) is -1.46. The Bertz CT molecular complexity index is 1490. The van der Waals surface area contributed by atoms with Gasteiger partial charge >= 0.3 is 11.9 Å². The third kappa shape index (κ3) is 4.26. The van der Waals surface area contributed by atoms with E-state index < -0.39 is 23.7 Å². The molecule has 1 N–H and O–H groups in total. The molecule has 2 aliphatic rings. The highest BCUT2D eigenvalue weighted by Gasteiger charge is 2.48. The van der Waals surface area contributed by atoms with Crippen molar-refractivity contribution in [1.82, 2.24) is 4.98 Å². The largest absolute Gasteiger partial charge is 0.507 e. The number of Topliss-reactive ketones (excluding diaryl/α,β-unsaturated/α-hetero) is 1. The Balaban J connectivity index is 1.68. The van der Waals surface area contributed by atoms with Gasteiger partial charge < -0.3 is 14.6 Å². The summed E-state index contributed by atoms with van der Waals surface area (Å²) in [4.78, 5) is 45.1. The van der Waals surface area contributed by atoms with Crippen molar-refractivity contribution in [3.05, 3.63) is 80.9 Å². The van der Waals surface area contributed by atoms with Crippen LogP contribution in [0.2, 0.25) is 0 Å². The van der Waals surface area contributed by atoms with Gasteiger partial charge in [0.2, 0.25) is 0 Å². The maximum absolute atomic E-state index is 13.5. The van der Waals surface area contributed by atoms with Crippen molar-refractivity contribution in [2.24, 2.45) is 0 Å². The first kappa shape index (κ1) is 25.7. The molecule has 1 aromatic heterocycles. The summed E-state index contributed by atoms with van der Waals surface area (Å²) in [6, 6.07) is 11.9. The number of carbonyl (C=O) groups excluding carboxylic acids is 3. The van der Waals surface area contributed by atoms with Crippen LogP contribution < -0.4 is 9.64 Å². The number of methoxy groups -OCH3 is 1. The van der Waals surface area contributed by atoms with Crippen LogP contribution in [0.25, 0.3) is 5.76 Å². The number of aromatic nitrogens is 1. The first-order chi connectivity index (χ1) is 18.1. The summed E-state index contributed by atoms with van der Waals surface area (Å²) in [7, 11) is 1.27. The molecule has 9 heteroatoms. The van der Waals surface area contributed by atoms with Crippen molar-refractivity contribution in [2.45, 2.75) is 52.2 Å². The molecule has 2 atom stereocenters. The Morgan fingerprint density at radius 1 is 1.18 bits per heavy atom. The number of anilines is 1. The van der Waals surface area contributed by atoms with Crippen LogP contribution in [-0.2, 0) is 20.7 Å². The molecule has 5 rings (SSSR count). The summed E-state index contributed by atoms with van der Waals surface area (Å²) in [6.45, 7) is 7.76. The van der Waals surface area contributed by atoms with Crippen molar-refractivity contribution in [3.63, 3.8) is 0 Å². The number of aliphatic hydroxyl groups excluding tert-OH is 1. The summed E-state index contributed by atoms with van der Waals surface area (Å²) in [5, 5.41) is 11.7. The molecule has 0 bridgehead atoms. The standard InChI is InChI=1S/C29H28N2O6S/c1-14(2)17-6-8-18(9-7-17)23-22(24(32)19-10-11-21-20(13-19)12-15(3)37-21)25(33)27(34)31(23)29-30-16(4)26(38-29)28(35)36-5/h6-11,13-15,23,32H,12H2,1-5H3/b24-22+/t15-,23+/m0/s1. The van der Waals surface area contributed by atoms with Crippen LogP contribution in [0.5, 0.6) is 5.75 Å². The minimum Gasteiger partial charge on any atom is -0.507 e. The van der Waals surface area contributed by atoms with Gasteiger partial charge in [-0.3, -0.25) is 14.5 Å². The van der Waals surface area contributed by atoms with E-state index in [4.69, 9.17) is 9.47 Å². The second-order valence-corrected chi connectivity index (χ2v) is 10.8. The number of carbonyl (C=O) groups is 3. The van der Waals surface area contributed by atoms with Crippen molar-refractivity contribution in [3.8, 4) is 5.75 Å². The van der Waals surface area contributed by atoms with Crippen molar-refractivity contribution >= 4 is 39.9 Å². The van der Waals surface area contributed by atoms with Crippen molar-refractivity contribution in [1.29, 1.82) is 0 Å². The van der Waals surface area contributed by atoms with E-state index in [1.165, 1.54) is 12.0 Å². The normalized spacial score (nSPS) is 20.1. The molecule has 3 aromatic rings. The molecule has 1 fully saturated rings. The molecular weight excluding hydrogens is 504 g/mol. The third-order valence-corrected chi connectivity index (χ3v) is 8.03. The minimum absolute atomic E-state index is 0.0181. The molecule has 0 unspecified atom stereocenters. The molecule has 1 amide bonds. The number of fused-ring (bicyclic) bond motifs is 1.